The molecule has 0 saturated carbocycles. The van der Waals surface area contributed by atoms with Gasteiger partial charge >= 0.3 is 10.3 Å². The Kier molecular flexibility index (Phi) is 9.71. The summed E-state index contributed by atoms with van der Waals surface area (Å²) in [5, 5.41) is 5.24. The summed E-state index contributed by atoms with van der Waals surface area (Å²) in [6, 6.07) is 8.03. The van der Waals surface area contributed by atoms with Crippen LogP contribution in [0, 0.1) is 0 Å². The lowest BCUT2D eigenvalue weighted by Crippen LogP contribution is -2.22. The van der Waals surface area contributed by atoms with Gasteiger partial charge in [0.15, 0.2) is 11.5 Å². The predicted octanol–water partition coefficient (Wildman–Crippen LogP) is 7.78. The molecule has 0 aliphatic carbocycles. The zero-order valence-corrected chi connectivity index (χ0v) is 24.3. The molecule has 0 radical (unpaired) electrons. The van der Waals surface area contributed by atoms with E-state index in [2.05, 4.69) is 53.7 Å². The van der Waals surface area contributed by atoms with Gasteiger partial charge in [0.05, 0.1) is 0 Å². The first-order valence-corrected chi connectivity index (χ1v) is 14.3. The molecule has 198 valence electrons. The highest BCUT2D eigenvalue weighted by molar-refractivity contribution is 7.84. The molecule has 5 nitrogen and oxygen atoms in total. The van der Waals surface area contributed by atoms with Gasteiger partial charge < -0.3 is 4.18 Å². The molecule has 0 amide bonds. The highest BCUT2D eigenvalue weighted by Crippen LogP contribution is 2.38. The van der Waals surface area contributed by atoms with Crippen molar-refractivity contribution in [3.05, 3.63) is 69.3 Å². The van der Waals surface area contributed by atoms with Crippen molar-refractivity contribution in [2.75, 3.05) is 0 Å². The smallest absolute Gasteiger partial charge is 0.370 e. The third-order valence-electron chi connectivity index (χ3n) is 6.47. The van der Waals surface area contributed by atoms with Crippen LogP contribution in [-0.4, -0.2) is 14.2 Å². The summed E-state index contributed by atoms with van der Waals surface area (Å²) in [7, 11) is -4.26. The van der Waals surface area contributed by atoms with Crippen LogP contribution in [0.5, 0.6) is 5.75 Å². The second-order valence-electron chi connectivity index (χ2n) is 11.1. The summed E-state index contributed by atoms with van der Waals surface area (Å²) in [4.78, 5) is 13.6. The number of benzene rings is 2. The van der Waals surface area contributed by atoms with Crippen LogP contribution in [0.1, 0.15) is 143 Å². The van der Waals surface area contributed by atoms with Gasteiger partial charge in [0.25, 0.3) is 0 Å². The van der Waals surface area contributed by atoms with E-state index in [0.29, 0.717) is 34.4 Å². The zero-order chi connectivity index (χ0) is 27.5. The van der Waals surface area contributed by atoms with Gasteiger partial charge in [0, 0.05) is 11.1 Å². The lowest BCUT2D eigenvalue weighted by Gasteiger charge is -2.22. The van der Waals surface area contributed by atoms with Gasteiger partial charge in [0.1, 0.15) is 0 Å². The van der Waals surface area contributed by atoms with E-state index in [-0.39, 0.29) is 23.4 Å². The van der Waals surface area contributed by atoms with Gasteiger partial charge in [-0.25, -0.2) is 0 Å². The zero-order valence-electron chi connectivity index (χ0n) is 23.5. The molecule has 2 rings (SSSR count). The van der Waals surface area contributed by atoms with Crippen LogP contribution in [0.15, 0.2) is 30.3 Å². The van der Waals surface area contributed by atoms with E-state index in [0.717, 1.165) is 5.56 Å². The Morgan fingerprint density at radius 1 is 0.778 bits per heavy atom. The average Bonchev–Trinajstić information content (AvgIpc) is 2.74. The molecule has 36 heavy (non-hydrogen) atoms. The standard InChI is InChI=1S/C30H43NO4S/c1-17(2)22-15-26(19(5)6)24(27(16-22)20(7)8)13-14-28(32)25-12-11-23(18(3)4)30(29(25)21(9)10)35-36(31,33)34/h11-21H,1-10H3,(H2,31,33,34). The fraction of sp³-hybridized carbons (Fsp3) is 0.500. The molecule has 0 saturated heterocycles. The third-order valence-corrected chi connectivity index (χ3v) is 6.87. The molecule has 6 heteroatoms. The van der Waals surface area contributed by atoms with Gasteiger partial charge in [-0.05, 0) is 63.5 Å². The van der Waals surface area contributed by atoms with Crippen molar-refractivity contribution < 1.29 is 17.4 Å². The Labute approximate surface area is 218 Å². The molecule has 0 aliphatic rings. The van der Waals surface area contributed by atoms with Crippen molar-refractivity contribution in [3.8, 4) is 5.75 Å². The van der Waals surface area contributed by atoms with E-state index in [1.54, 1.807) is 18.2 Å². The number of ketones is 1. The minimum Gasteiger partial charge on any atom is -0.370 e. The first kappa shape index (κ1) is 29.8. The molecule has 0 fully saturated rings. The lowest BCUT2D eigenvalue weighted by molar-refractivity contribution is 0.104. The Balaban J connectivity index is 2.72. The quantitative estimate of drug-likeness (QED) is 0.259. The van der Waals surface area contributed by atoms with Crippen LogP contribution < -0.4 is 9.32 Å². The molecule has 2 aromatic rings. The second kappa shape index (κ2) is 11.7. The third kappa shape index (κ3) is 7.07. The molecular weight excluding hydrogens is 470 g/mol. The first-order valence-electron chi connectivity index (χ1n) is 12.8. The average molecular weight is 514 g/mol. The normalized spacial score (nSPS) is 12.7. The number of rotatable bonds is 10. The van der Waals surface area contributed by atoms with E-state index < -0.39 is 10.3 Å². The van der Waals surface area contributed by atoms with E-state index in [4.69, 9.17) is 9.32 Å². The maximum atomic E-state index is 13.6. The monoisotopic (exact) mass is 513 g/mol. The number of allylic oxidation sites excluding steroid dienone is 1. The molecule has 0 bridgehead atoms. The largest absolute Gasteiger partial charge is 0.380 e. The molecule has 0 aromatic heterocycles. The van der Waals surface area contributed by atoms with Gasteiger partial charge in [0.2, 0.25) is 0 Å². The highest BCUT2D eigenvalue weighted by atomic mass is 32.2. The Morgan fingerprint density at radius 3 is 1.67 bits per heavy atom. The highest BCUT2D eigenvalue weighted by Gasteiger charge is 2.25. The second-order valence-corrected chi connectivity index (χ2v) is 12.3. The van der Waals surface area contributed by atoms with E-state index in [1.807, 2.05) is 33.8 Å². The summed E-state index contributed by atoms with van der Waals surface area (Å²) in [5.41, 5.74) is 6.46. The van der Waals surface area contributed by atoms with Crippen molar-refractivity contribution in [3.63, 3.8) is 0 Å². The van der Waals surface area contributed by atoms with Crippen LogP contribution >= 0.6 is 0 Å². The van der Waals surface area contributed by atoms with Crippen molar-refractivity contribution >= 4 is 22.2 Å². The van der Waals surface area contributed by atoms with Gasteiger partial charge in [-0.2, -0.15) is 13.6 Å². The molecule has 0 aliphatic heterocycles. The van der Waals surface area contributed by atoms with E-state index >= 15 is 0 Å². The van der Waals surface area contributed by atoms with Crippen LogP contribution in [0.4, 0.5) is 0 Å². The first-order chi connectivity index (χ1) is 16.5. The van der Waals surface area contributed by atoms with E-state index in [9.17, 15) is 13.2 Å². The number of nitrogens with two attached hydrogens (primary N) is 1. The summed E-state index contributed by atoms with van der Waals surface area (Å²) < 4.78 is 29.0. The molecule has 0 spiro atoms. The topological polar surface area (TPSA) is 86.5 Å². The minimum atomic E-state index is -4.26. The predicted molar refractivity (Wildman–Crippen MR) is 150 cm³/mol. The lowest BCUT2D eigenvalue weighted by atomic mass is 9.84. The molecule has 2 aromatic carbocycles. The minimum absolute atomic E-state index is 0.0133. The van der Waals surface area contributed by atoms with Gasteiger partial charge in [-0.3, -0.25) is 4.79 Å². The summed E-state index contributed by atoms with van der Waals surface area (Å²) >= 11 is 0. The van der Waals surface area contributed by atoms with Crippen molar-refractivity contribution in [1.82, 2.24) is 0 Å². The fourth-order valence-electron chi connectivity index (χ4n) is 4.52. The molecular formula is C30H43NO4S. The Bertz CT molecular complexity index is 1210. The molecule has 0 heterocycles. The molecule has 2 N–H and O–H groups in total. The van der Waals surface area contributed by atoms with Crippen LogP contribution in [-0.2, 0) is 10.3 Å². The number of hydrogen-bond acceptors (Lipinski definition) is 4. The summed E-state index contributed by atoms with van der Waals surface area (Å²) in [6.45, 7) is 20.8. The SMILES string of the molecule is CC(C)c1cc(C(C)C)c(C=CC(=O)c2ccc(C(C)C)c(OS(N)(=O)=O)c2C(C)C)c(C(C)C)c1. The maximum Gasteiger partial charge on any atom is 0.380 e. The van der Waals surface area contributed by atoms with Crippen LogP contribution in [0.3, 0.4) is 0 Å². The summed E-state index contributed by atoms with van der Waals surface area (Å²) in [6.07, 6.45) is 3.51. The van der Waals surface area contributed by atoms with E-state index in [1.165, 1.54) is 16.7 Å². The number of hydrogen-bond donors (Lipinski definition) is 1. The van der Waals surface area contributed by atoms with Gasteiger partial charge in [-0.15, -0.1) is 0 Å². The van der Waals surface area contributed by atoms with Crippen molar-refractivity contribution in [2.24, 2.45) is 5.14 Å². The van der Waals surface area contributed by atoms with Crippen molar-refractivity contribution in [2.45, 2.75) is 98.8 Å². The Hall–Kier alpha value is -2.44. The molecule has 0 atom stereocenters. The fourth-order valence-corrected chi connectivity index (χ4v) is 4.94. The van der Waals surface area contributed by atoms with Crippen molar-refractivity contribution in [1.29, 1.82) is 0 Å². The number of carbonyl (C=O) groups excluding carboxylic acids is 1. The molecule has 0 unspecified atom stereocenters. The summed E-state index contributed by atoms with van der Waals surface area (Å²) in [5.74, 6) is 0.783. The Morgan fingerprint density at radius 2 is 1.28 bits per heavy atom. The van der Waals surface area contributed by atoms with Crippen LogP contribution in [0.25, 0.3) is 6.08 Å². The van der Waals surface area contributed by atoms with Gasteiger partial charge in [-0.1, -0.05) is 99.6 Å². The van der Waals surface area contributed by atoms with Crippen LogP contribution in [0.2, 0.25) is 0 Å². The number of carbonyl (C=O) groups is 1. The maximum absolute atomic E-state index is 13.6.